The van der Waals surface area contributed by atoms with E-state index < -0.39 is 0 Å². The summed E-state index contributed by atoms with van der Waals surface area (Å²) < 4.78 is 2.02. The van der Waals surface area contributed by atoms with E-state index >= 15 is 0 Å². The van der Waals surface area contributed by atoms with E-state index in [1.165, 1.54) is 0 Å². The number of pyridine rings is 1. The second kappa shape index (κ2) is 6.22. The molecule has 19 heavy (non-hydrogen) atoms. The third kappa shape index (κ3) is 3.24. The predicted molar refractivity (Wildman–Crippen MR) is 78.3 cm³/mol. The maximum Gasteiger partial charge on any atom is 0.191 e. The number of hydrogen-bond acceptors (Lipinski definition) is 2. The largest absolute Gasteiger partial charge is 0.370 e. The molecule has 102 valence electrons. The second-order valence-corrected chi connectivity index (χ2v) is 4.36. The Kier molecular flexibility index (Phi) is 4.39. The molecule has 0 atom stereocenters. The minimum absolute atomic E-state index is 0.619. The van der Waals surface area contributed by atoms with Crippen LogP contribution in [0.15, 0.2) is 35.6 Å². The van der Waals surface area contributed by atoms with Crippen molar-refractivity contribution in [2.75, 3.05) is 19.6 Å². The van der Waals surface area contributed by atoms with Gasteiger partial charge in [-0.05, 0) is 26.0 Å². The van der Waals surface area contributed by atoms with E-state index in [4.69, 9.17) is 5.73 Å². The Morgan fingerprint density at radius 1 is 1.37 bits per heavy atom. The van der Waals surface area contributed by atoms with Crippen molar-refractivity contribution in [1.29, 1.82) is 0 Å². The summed E-state index contributed by atoms with van der Waals surface area (Å²) in [7, 11) is 0. The molecule has 2 heterocycles. The van der Waals surface area contributed by atoms with Crippen molar-refractivity contribution in [2.45, 2.75) is 20.3 Å². The summed E-state index contributed by atoms with van der Waals surface area (Å²) >= 11 is 0. The van der Waals surface area contributed by atoms with E-state index in [1.807, 2.05) is 39.9 Å². The summed E-state index contributed by atoms with van der Waals surface area (Å²) in [4.78, 5) is 11.0. The highest BCUT2D eigenvalue weighted by molar-refractivity contribution is 5.77. The van der Waals surface area contributed by atoms with Crippen LogP contribution in [0.1, 0.15) is 19.5 Å². The molecule has 0 aliphatic rings. The number of aromatic nitrogens is 2. The summed E-state index contributed by atoms with van der Waals surface area (Å²) in [6, 6.07) is 5.98. The maximum absolute atomic E-state index is 5.93. The molecule has 0 bridgehead atoms. The average molecular weight is 259 g/mol. The van der Waals surface area contributed by atoms with E-state index in [-0.39, 0.29) is 0 Å². The molecule has 0 unspecified atom stereocenters. The molecule has 0 aliphatic carbocycles. The zero-order chi connectivity index (χ0) is 13.7. The molecule has 0 aromatic carbocycles. The standard InChI is InChI=1S/C14H21N5/c1-3-18(4-2)14(15)16-9-8-12-11-19-10-6-5-7-13(19)17-12/h5-7,10-11H,3-4,8-9H2,1-2H3,(H2,15,16). The Balaban J connectivity index is 1.97. The van der Waals surface area contributed by atoms with Crippen LogP contribution in [0.5, 0.6) is 0 Å². The van der Waals surface area contributed by atoms with Gasteiger partial charge in [0.2, 0.25) is 0 Å². The Morgan fingerprint density at radius 2 is 2.16 bits per heavy atom. The van der Waals surface area contributed by atoms with Crippen LogP contribution in [0.3, 0.4) is 0 Å². The zero-order valence-corrected chi connectivity index (χ0v) is 11.6. The van der Waals surface area contributed by atoms with E-state index in [0.29, 0.717) is 12.5 Å². The molecule has 0 amide bonds. The smallest absolute Gasteiger partial charge is 0.191 e. The fourth-order valence-electron chi connectivity index (χ4n) is 2.04. The third-order valence-corrected chi connectivity index (χ3v) is 3.14. The van der Waals surface area contributed by atoms with Crippen LogP contribution in [-0.2, 0) is 6.42 Å². The molecule has 5 nitrogen and oxygen atoms in total. The predicted octanol–water partition coefficient (Wildman–Crippen LogP) is 1.53. The lowest BCUT2D eigenvalue weighted by molar-refractivity contribution is 0.458. The zero-order valence-electron chi connectivity index (χ0n) is 11.6. The highest BCUT2D eigenvalue weighted by Gasteiger charge is 2.03. The van der Waals surface area contributed by atoms with Gasteiger partial charge < -0.3 is 15.0 Å². The van der Waals surface area contributed by atoms with Gasteiger partial charge in [-0.25, -0.2) is 4.98 Å². The molecule has 0 fully saturated rings. The second-order valence-electron chi connectivity index (χ2n) is 4.36. The van der Waals surface area contributed by atoms with Crippen LogP contribution in [-0.4, -0.2) is 39.9 Å². The van der Waals surface area contributed by atoms with Crippen molar-refractivity contribution in [2.24, 2.45) is 10.7 Å². The molecule has 0 saturated heterocycles. The van der Waals surface area contributed by atoms with Crippen molar-refractivity contribution in [1.82, 2.24) is 14.3 Å². The fraction of sp³-hybridized carbons (Fsp3) is 0.429. The van der Waals surface area contributed by atoms with Gasteiger partial charge in [-0.3, -0.25) is 4.99 Å². The summed E-state index contributed by atoms with van der Waals surface area (Å²) in [6.07, 6.45) is 4.85. The molecule has 0 radical (unpaired) electrons. The summed E-state index contributed by atoms with van der Waals surface area (Å²) in [6.45, 7) is 6.61. The van der Waals surface area contributed by atoms with E-state index in [1.54, 1.807) is 0 Å². The minimum atomic E-state index is 0.619. The van der Waals surface area contributed by atoms with Crippen LogP contribution in [0.25, 0.3) is 5.65 Å². The fourth-order valence-corrected chi connectivity index (χ4v) is 2.04. The van der Waals surface area contributed by atoms with Gasteiger partial charge in [0, 0.05) is 38.4 Å². The molecular formula is C14H21N5. The highest BCUT2D eigenvalue weighted by atomic mass is 15.2. The van der Waals surface area contributed by atoms with Crippen molar-refractivity contribution < 1.29 is 0 Å². The number of nitrogens with two attached hydrogens (primary N) is 1. The molecule has 2 rings (SSSR count). The van der Waals surface area contributed by atoms with Crippen LogP contribution in [0.2, 0.25) is 0 Å². The number of rotatable bonds is 5. The van der Waals surface area contributed by atoms with Crippen molar-refractivity contribution in [3.8, 4) is 0 Å². The van der Waals surface area contributed by atoms with Gasteiger partial charge >= 0.3 is 0 Å². The summed E-state index contributed by atoms with van der Waals surface area (Å²) in [5.74, 6) is 0.619. The molecule has 2 aromatic heterocycles. The van der Waals surface area contributed by atoms with E-state index in [9.17, 15) is 0 Å². The molecule has 2 N–H and O–H groups in total. The lowest BCUT2D eigenvalue weighted by Crippen LogP contribution is -2.37. The number of nitrogens with zero attached hydrogens (tertiary/aromatic N) is 4. The van der Waals surface area contributed by atoms with Gasteiger partial charge in [-0.2, -0.15) is 0 Å². The molecular weight excluding hydrogens is 238 g/mol. The number of guanidine groups is 1. The first-order chi connectivity index (χ1) is 9.24. The Hall–Kier alpha value is -2.04. The number of aliphatic imine (C=N–C) groups is 1. The normalized spacial score (nSPS) is 12.0. The molecule has 0 saturated carbocycles. The molecule has 5 heteroatoms. The average Bonchev–Trinajstić information content (AvgIpc) is 2.82. The first kappa shape index (κ1) is 13.4. The van der Waals surface area contributed by atoms with Gasteiger partial charge in [-0.15, -0.1) is 0 Å². The van der Waals surface area contributed by atoms with Gasteiger partial charge in [0.1, 0.15) is 5.65 Å². The Morgan fingerprint density at radius 3 is 2.84 bits per heavy atom. The van der Waals surface area contributed by atoms with Gasteiger partial charge in [0.05, 0.1) is 5.69 Å². The molecule has 0 spiro atoms. The minimum Gasteiger partial charge on any atom is -0.370 e. The summed E-state index contributed by atoms with van der Waals surface area (Å²) in [5.41, 5.74) is 7.94. The van der Waals surface area contributed by atoms with Crippen molar-refractivity contribution in [3.63, 3.8) is 0 Å². The number of imidazole rings is 1. The van der Waals surface area contributed by atoms with Gasteiger partial charge in [-0.1, -0.05) is 6.07 Å². The highest BCUT2D eigenvalue weighted by Crippen LogP contribution is 2.05. The van der Waals surface area contributed by atoms with E-state index in [2.05, 4.69) is 23.8 Å². The molecule has 0 aliphatic heterocycles. The topological polar surface area (TPSA) is 58.9 Å². The first-order valence-electron chi connectivity index (χ1n) is 6.72. The Labute approximate surface area is 113 Å². The number of hydrogen-bond donors (Lipinski definition) is 1. The van der Waals surface area contributed by atoms with Crippen LogP contribution in [0, 0.1) is 0 Å². The van der Waals surface area contributed by atoms with Gasteiger partial charge in [0.15, 0.2) is 5.96 Å². The van der Waals surface area contributed by atoms with Crippen LogP contribution >= 0.6 is 0 Å². The Bertz CT molecular complexity index is 521. The lowest BCUT2D eigenvalue weighted by Gasteiger charge is -2.19. The molecule has 2 aromatic rings. The van der Waals surface area contributed by atoms with E-state index in [0.717, 1.165) is 30.9 Å². The SMILES string of the molecule is CCN(CC)C(N)=NCCc1cn2ccccc2n1. The summed E-state index contributed by atoms with van der Waals surface area (Å²) in [5, 5.41) is 0. The van der Waals surface area contributed by atoms with Crippen molar-refractivity contribution >= 4 is 11.6 Å². The third-order valence-electron chi connectivity index (χ3n) is 3.14. The maximum atomic E-state index is 5.93. The lowest BCUT2D eigenvalue weighted by atomic mass is 10.3. The van der Waals surface area contributed by atoms with Crippen LogP contribution < -0.4 is 5.73 Å². The van der Waals surface area contributed by atoms with Crippen molar-refractivity contribution in [3.05, 3.63) is 36.3 Å². The monoisotopic (exact) mass is 259 g/mol. The number of fused-ring (bicyclic) bond motifs is 1. The van der Waals surface area contributed by atoms with Gasteiger partial charge in [0.25, 0.3) is 0 Å². The van der Waals surface area contributed by atoms with Crippen LogP contribution in [0.4, 0.5) is 0 Å². The first-order valence-corrected chi connectivity index (χ1v) is 6.72. The quantitative estimate of drug-likeness (QED) is 0.654.